The lowest BCUT2D eigenvalue weighted by Crippen LogP contribution is -2.44. The standard InChI is InChI=1S/C16H22N2O3/c1-3-13-11-18(9-8-15(13)17-20)16(19)10-12-4-6-14(21-2)7-5-12/h4-7,13,20H,3,8-11H2,1-2H3/b17-15+. The molecule has 21 heavy (non-hydrogen) atoms. The number of amides is 1. The number of rotatable bonds is 4. The first kappa shape index (κ1) is 15.4. The molecule has 1 atom stereocenters. The molecule has 0 aliphatic carbocycles. The van der Waals surface area contributed by atoms with Crippen molar-refractivity contribution < 1.29 is 14.7 Å². The highest BCUT2D eigenvalue weighted by Crippen LogP contribution is 2.19. The fourth-order valence-electron chi connectivity index (χ4n) is 2.67. The smallest absolute Gasteiger partial charge is 0.227 e. The lowest BCUT2D eigenvalue weighted by atomic mass is 9.93. The number of carbonyl (C=O) groups excluding carboxylic acids is 1. The van der Waals surface area contributed by atoms with Crippen LogP contribution < -0.4 is 4.74 Å². The van der Waals surface area contributed by atoms with Gasteiger partial charge in [-0.25, -0.2) is 0 Å². The molecule has 1 amide bonds. The lowest BCUT2D eigenvalue weighted by molar-refractivity contribution is -0.131. The second-order valence-corrected chi connectivity index (χ2v) is 5.31. The number of oxime groups is 1. The number of piperidine rings is 1. The van der Waals surface area contributed by atoms with Crippen molar-refractivity contribution in [2.75, 3.05) is 20.2 Å². The fraction of sp³-hybridized carbons (Fsp3) is 0.500. The number of likely N-dealkylation sites (tertiary alicyclic amines) is 1. The summed E-state index contributed by atoms with van der Waals surface area (Å²) in [4.78, 5) is 14.2. The molecule has 1 aliphatic rings. The average Bonchev–Trinajstić information content (AvgIpc) is 2.54. The summed E-state index contributed by atoms with van der Waals surface area (Å²) >= 11 is 0. The molecule has 0 radical (unpaired) electrons. The zero-order valence-electron chi connectivity index (χ0n) is 12.6. The van der Waals surface area contributed by atoms with E-state index in [1.54, 1.807) is 7.11 Å². The Labute approximate surface area is 125 Å². The quantitative estimate of drug-likeness (QED) is 0.684. The number of ether oxygens (including phenoxy) is 1. The molecule has 1 unspecified atom stereocenters. The third kappa shape index (κ3) is 3.74. The van der Waals surface area contributed by atoms with E-state index in [1.807, 2.05) is 36.1 Å². The van der Waals surface area contributed by atoms with Gasteiger partial charge in [0.2, 0.25) is 5.91 Å². The number of benzene rings is 1. The topological polar surface area (TPSA) is 62.1 Å². The largest absolute Gasteiger partial charge is 0.497 e. The summed E-state index contributed by atoms with van der Waals surface area (Å²) in [6.45, 7) is 3.32. The van der Waals surface area contributed by atoms with Crippen LogP contribution in [0.2, 0.25) is 0 Å². The molecule has 0 aromatic heterocycles. The molecule has 1 fully saturated rings. The van der Waals surface area contributed by atoms with Crippen LogP contribution in [0.4, 0.5) is 0 Å². The Morgan fingerprint density at radius 1 is 1.43 bits per heavy atom. The SMILES string of the molecule is CCC1CN(C(=O)Cc2ccc(OC)cc2)CC/C1=N\O. The van der Waals surface area contributed by atoms with Gasteiger partial charge in [0.15, 0.2) is 0 Å². The van der Waals surface area contributed by atoms with Crippen molar-refractivity contribution in [1.29, 1.82) is 0 Å². The summed E-state index contributed by atoms with van der Waals surface area (Å²) in [5.74, 6) is 1.08. The summed E-state index contributed by atoms with van der Waals surface area (Å²) in [5.41, 5.74) is 1.79. The van der Waals surface area contributed by atoms with Crippen molar-refractivity contribution in [1.82, 2.24) is 4.90 Å². The van der Waals surface area contributed by atoms with Crippen molar-refractivity contribution in [3.63, 3.8) is 0 Å². The molecule has 1 saturated heterocycles. The number of hydrogen-bond acceptors (Lipinski definition) is 4. The fourth-order valence-corrected chi connectivity index (χ4v) is 2.67. The van der Waals surface area contributed by atoms with Gasteiger partial charge >= 0.3 is 0 Å². The molecule has 1 aliphatic heterocycles. The van der Waals surface area contributed by atoms with E-state index < -0.39 is 0 Å². The first-order valence-electron chi connectivity index (χ1n) is 7.29. The van der Waals surface area contributed by atoms with E-state index in [9.17, 15) is 4.79 Å². The number of nitrogens with zero attached hydrogens (tertiary/aromatic N) is 2. The Morgan fingerprint density at radius 2 is 2.14 bits per heavy atom. The van der Waals surface area contributed by atoms with E-state index in [0.717, 1.165) is 23.4 Å². The van der Waals surface area contributed by atoms with Crippen LogP contribution in [0.5, 0.6) is 5.75 Å². The van der Waals surface area contributed by atoms with Gasteiger partial charge in [0.1, 0.15) is 5.75 Å². The number of hydrogen-bond donors (Lipinski definition) is 1. The Hall–Kier alpha value is -2.04. The number of carbonyl (C=O) groups is 1. The van der Waals surface area contributed by atoms with Crippen molar-refractivity contribution >= 4 is 11.6 Å². The average molecular weight is 290 g/mol. The molecule has 0 bridgehead atoms. The van der Waals surface area contributed by atoms with Crippen LogP contribution in [0.15, 0.2) is 29.4 Å². The maximum absolute atomic E-state index is 12.4. The maximum Gasteiger partial charge on any atom is 0.227 e. The molecule has 0 saturated carbocycles. The molecule has 114 valence electrons. The summed E-state index contributed by atoms with van der Waals surface area (Å²) < 4.78 is 5.11. The van der Waals surface area contributed by atoms with Gasteiger partial charge in [-0.05, 0) is 24.1 Å². The highest BCUT2D eigenvalue weighted by atomic mass is 16.5. The third-order valence-electron chi connectivity index (χ3n) is 4.04. The van der Waals surface area contributed by atoms with E-state index in [2.05, 4.69) is 5.16 Å². The van der Waals surface area contributed by atoms with Crippen LogP contribution in [-0.4, -0.2) is 41.9 Å². The molecular formula is C16H22N2O3. The number of methoxy groups -OCH3 is 1. The normalized spacial score (nSPS) is 20.6. The van der Waals surface area contributed by atoms with Crippen molar-refractivity contribution in [2.24, 2.45) is 11.1 Å². The van der Waals surface area contributed by atoms with Crippen molar-refractivity contribution in [2.45, 2.75) is 26.2 Å². The van der Waals surface area contributed by atoms with Gasteiger partial charge in [-0.2, -0.15) is 0 Å². The molecule has 5 nitrogen and oxygen atoms in total. The van der Waals surface area contributed by atoms with E-state index in [-0.39, 0.29) is 11.8 Å². The predicted octanol–water partition coefficient (Wildman–Crippen LogP) is 2.33. The molecule has 5 heteroatoms. The minimum absolute atomic E-state index is 0.121. The predicted molar refractivity (Wildman–Crippen MR) is 80.9 cm³/mol. The zero-order valence-corrected chi connectivity index (χ0v) is 12.6. The van der Waals surface area contributed by atoms with Gasteiger partial charge in [0.05, 0.1) is 19.2 Å². The third-order valence-corrected chi connectivity index (χ3v) is 4.04. The first-order chi connectivity index (χ1) is 10.2. The molecule has 0 spiro atoms. The van der Waals surface area contributed by atoms with E-state index in [4.69, 9.17) is 9.94 Å². The summed E-state index contributed by atoms with van der Waals surface area (Å²) in [5, 5.41) is 12.3. The Kier molecular flexibility index (Phi) is 5.20. The molecule has 1 aromatic carbocycles. The van der Waals surface area contributed by atoms with Crippen LogP contribution in [-0.2, 0) is 11.2 Å². The van der Waals surface area contributed by atoms with E-state index >= 15 is 0 Å². The monoisotopic (exact) mass is 290 g/mol. The lowest BCUT2D eigenvalue weighted by Gasteiger charge is -2.33. The Balaban J connectivity index is 1.97. The summed E-state index contributed by atoms with van der Waals surface area (Å²) in [6, 6.07) is 7.56. The van der Waals surface area contributed by atoms with Crippen LogP contribution in [0.1, 0.15) is 25.3 Å². The molecule has 1 aromatic rings. The van der Waals surface area contributed by atoms with Crippen LogP contribution in [0.3, 0.4) is 0 Å². The van der Waals surface area contributed by atoms with Crippen LogP contribution >= 0.6 is 0 Å². The van der Waals surface area contributed by atoms with Gasteiger partial charge in [0.25, 0.3) is 0 Å². The second kappa shape index (κ2) is 7.11. The van der Waals surface area contributed by atoms with Crippen LogP contribution in [0, 0.1) is 5.92 Å². The van der Waals surface area contributed by atoms with Gasteiger partial charge in [0, 0.05) is 25.4 Å². The zero-order chi connectivity index (χ0) is 15.2. The first-order valence-corrected chi connectivity index (χ1v) is 7.29. The minimum Gasteiger partial charge on any atom is -0.497 e. The molecule has 1 heterocycles. The summed E-state index contributed by atoms with van der Waals surface area (Å²) in [6.07, 6.45) is 1.93. The maximum atomic E-state index is 12.4. The molecular weight excluding hydrogens is 268 g/mol. The van der Waals surface area contributed by atoms with Gasteiger partial charge < -0.3 is 14.8 Å². The van der Waals surface area contributed by atoms with E-state index in [0.29, 0.717) is 25.9 Å². The highest BCUT2D eigenvalue weighted by Gasteiger charge is 2.27. The van der Waals surface area contributed by atoms with Gasteiger partial charge in [-0.1, -0.05) is 24.2 Å². The highest BCUT2D eigenvalue weighted by molar-refractivity contribution is 5.89. The van der Waals surface area contributed by atoms with E-state index in [1.165, 1.54) is 0 Å². The molecule has 1 N–H and O–H groups in total. The summed E-state index contributed by atoms with van der Waals surface area (Å²) in [7, 11) is 1.62. The van der Waals surface area contributed by atoms with Crippen molar-refractivity contribution in [3.8, 4) is 5.75 Å². The molecule has 2 rings (SSSR count). The Bertz CT molecular complexity index is 511. The Morgan fingerprint density at radius 3 is 2.71 bits per heavy atom. The van der Waals surface area contributed by atoms with Crippen LogP contribution in [0.25, 0.3) is 0 Å². The minimum atomic E-state index is 0.121. The van der Waals surface area contributed by atoms with Gasteiger partial charge in [-0.3, -0.25) is 4.79 Å². The van der Waals surface area contributed by atoms with Gasteiger partial charge in [-0.15, -0.1) is 0 Å². The second-order valence-electron chi connectivity index (χ2n) is 5.31. The van der Waals surface area contributed by atoms with Crippen molar-refractivity contribution in [3.05, 3.63) is 29.8 Å².